The van der Waals surface area contributed by atoms with Crippen LogP contribution in [0.2, 0.25) is 0 Å². The molecule has 0 unspecified atom stereocenters. The Hall–Kier alpha value is -1.29. The lowest BCUT2D eigenvalue weighted by Crippen LogP contribution is -2.00. The molecule has 1 aromatic rings. The summed E-state index contributed by atoms with van der Waals surface area (Å²) in [4.78, 5) is 10.9. The van der Waals surface area contributed by atoms with E-state index in [1.54, 1.807) is 0 Å². The molecule has 0 aliphatic carbocycles. The zero-order valence-electron chi connectivity index (χ0n) is 7.64. The van der Waals surface area contributed by atoms with Crippen molar-refractivity contribution in [3.8, 4) is 11.5 Å². The van der Waals surface area contributed by atoms with Crippen molar-refractivity contribution in [1.29, 1.82) is 0 Å². The number of ether oxygens (including phenoxy) is 2. The third-order valence-corrected chi connectivity index (χ3v) is 1.87. The van der Waals surface area contributed by atoms with Gasteiger partial charge in [-0.1, -0.05) is 0 Å². The van der Waals surface area contributed by atoms with Crippen LogP contribution in [0.3, 0.4) is 0 Å². The molecule has 0 saturated heterocycles. The number of methoxy groups -OCH3 is 2. The van der Waals surface area contributed by atoms with E-state index in [0.29, 0.717) is 0 Å². The molecule has 0 amide bonds. The van der Waals surface area contributed by atoms with Gasteiger partial charge in [-0.25, -0.2) is 4.39 Å². The minimum atomic E-state index is -0.901. The smallest absolute Gasteiger partial charge is 0.259 e. The lowest BCUT2D eigenvalue weighted by Gasteiger charge is -2.08. The summed E-state index contributed by atoms with van der Waals surface area (Å²) in [7, 11) is 2.70. The standard InChI is InChI=1S/C9H8ClFO3/c1-13-5-3-6(11)8(9(10)12)7(4-5)14-2/h3-4H,1-2H3. The number of carbonyl (C=O) groups excluding carboxylic acids is 1. The van der Waals surface area contributed by atoms with E-state index in [2.05, 4.69) is 0 Å². The van der Waals surface area contributed by atoms with Crippen LogP contribution in [0.1, 0.15) is 10.4 Å². The molecular weight excluding hydrogens is 211 g/mol. The van der Waals surface area contributed by atoms with Crippen LogP contribution >= 0.6 is 11.6 Å². The van der Waals surface area contributed by atoms with Gasteiger partial charge in [-0.3, -0.25) is 4.79 Å². The van der Waals surface area contributed by atoms with Gasteiger partial charge in [-0.15, -0.1) is 0 Å². The summed E-state index contributed by atoms with van der Waals surface area (Å²) in [6.45, 7) is 0. The molecule has 0 saturated carbocycles. The maximum atomic E-state index is 13.3. The Morgan fingerprint density at radius 1 is 1.36 bits per heavy atom. The van der Waals surface area contributed by atoms with Gasteiger partial charge in [0.15, 0.2) is 0 Å². The van der Waals surface area contributed by atoms with Gasteiger partial charge < -0.3 is 9.47 Å². The topological polar surface area (TPSA) is 35.5 Å². The van der Waals surface area contributed by atoms with E-state index in [0.717, 1.165) is 6.07 Å². The highest BCUT2D eigenvalue weighted by atomic mass is 35.5. The molecule has 1 rings (SSSR count). The molecule has 0 atom stereocenters. The molecule has 0 radical (unpaired) electrons. The molecule has 14 heavy (non-hydrogen) atoms. The minimum absolute atomic E-state index is 0.0573. The summed E-state index contributed by atoms with van der Waals surface area (Å²) in [5.74, 6) is -0.441. The van der Waals surface area contributed by atoms with Crippen molar-refractivity contribution in [2.24, 2.45) is 0 Å². The van der Waals surface area contributed by atoms with Crippen LogP contribution in [0, 0.1) is 5.82 Å². The molecule has 0 aliphatic heterocycles. The SMILES string of the molecule is COc1cc(F)c(C(=O)Cl)c(OC)c1. The summed E-state index contributed by atoms with van der Waals surface area (Å²) in [6.07, 6.45) is 0. The number of benzene rings is 1. The fourth-order valence-electron chi connectivity index (χ4n) is 1.03. The van der Waals surface area contributed by atoms with E-state index < -0.39 is 11.1 Å². The fourth-order valence-corrected chi connectivity index (χ4v) is 1.21. The Labute approximate surface area is 85.4 Å². The summed E-state index contributed by atoms with van der Waals surface area (Å²) >= 11 is 5.19. The van der Waals surface area contributed by atoms with Crippen LogP contribution in [0.15, 0.2) is 12.1 Å². The largest absolute Gasteiger partial charge is 0.497 e. The maximum Gasteiger partial charge on any atom is 0.259 e. The van der Waals surface area contributed by atoms with Crippen molar-refractivity contribution in [3.05, 3.63) is 23.5 Å². The second-order valence-electron chi connectivity index (χ2n) is 2.46. The molecule has 0 heterocycles. The van der Waals surface area contributed by atoms with E-state index in [9.17, 15) is 9.18 Å². The highest BCUT2D eigenvalue weighted by Crippen LogP contribution is 2.28. The Morgan fingerprint density at radius 2 is 2.00 bits per heavy atom. The molecule has 0 fully saturated rings. The van der Waals surface area contributed by atoms with Crippen molar-refractivity contribution < 1.29 is 18.7 Å². The minimum Gasteiger partial charge on any atom is -0.497 e. The highest BCUT2D eigenvalue weighted by Gasteiger charge is 2.17. The average molecular weight is 219 g/mol. The number of halogens is 2. The van der Waals surface area contributed by atoms with E-state index >= 15 is 0 Å². The predicted molar refractivity (Wildman–Crippen MR) is 49.7 cm³/mol. The van der Waals surface area contributed by atoms with Crippen molar-refractivity contribution in [3.63, 3.8) is 0 Å². The molecule has 76 valence electrons. The van der Waals surface area contributed by atoms with E-state index in [1.165, 1.54) is 20.3 Å². The van der Waals surface area contributed by atoms with E-state index in [1.807, 2.05) is 0 Å². The molecule has 0 spiro atoms. The van der Waals surface area contributed by atoms with Crippen molar-refractivity contribution in [2.45, 2.75) is 0 Å². The van der Waals surface area contributed by atoms with Gasteiger partial charge in [0.25, 0.3) is 5.24 Å². The third-order valence-electron chi connectivity index (χ3n) is 1.68. The van der Waals surface area contributed by atoms with Gasteiger partial charge in [0, 0.05) is 12.1 Å². The zero-order valence-corrected chi connectivity index (χ0v) is 8.39. The van der Waals surface area contributed by atoms with Crippen LogP contribution in [0.4, 0.5) is 4.39 Å². The van der Waals surface area contributed by atoms with Gasteiger partial charge in [-0.2, -0.15) is 0 Å². The van der Waals surface area contributed by atoms with E-state index in [-0.39, 0.29) is 17.1 Å². The lowest BCUT2D eigenvalue weighted by molar-refractivity contribution is 0.107. The Bertz CT molecular complexity index is 365. The van der Waals surface area contributed by atoms with Crippen LogP contribution in [-0.2, 0) is 0 Å². The van der Waals surface area contributed by atoms with Crippen LogP contribution < -0.4 is 9.47 Å². The Balaban J connectivity index is 3.34. The van der Waals surface area contributed by atoms with Crippen molar-refractivity contribution in [1.82, 2.24) is 0 Å². The Morgan fingerprint density at radius 3 is 2.43 bits per heavy atom. The zero-order chi connectivity index (χ0) is 10.7. The first-order chi connectivity index (χ1) is 6.60. The number of rotatable bonds is 3. The average Bonchev–Trinajstić information content (AvgIpc) is 2.15. The monoisotopic (exact) mass is 218 g/mol. The van der Waals surface area contributed by atoms with Crippen LogP contribution in [0.5, 0.6) is 11.5 Å². The van der Waals surface area contributed by atoms with Crippen molar-refractivity contribution in [2.75, 3.05) is 14.2 Å². The predicted octanol–water partition coefficient (Wildman–Crippen LogP) is 2.22. The van der Waals surface area contributed by atoms with E-state index in [4.69, 9.17) is 21.1 Å². The summed E-state index contributed by atoms with van der Waals surface area (Å²) in [5, 5.41) is -0.901. The fraction of sp³-hybridized carbons (Fsp3) is 0.222. The summed E-state index contributed by atoms with van der Waals surface area (Å²) < 4.78 is 22.9. The molecule has 0 aliphatic rings. The summed E-state index contributed by atoms with van der Waals surface area (Å²) in [6, 6.07) is 2.46. The molecule has 0 aromatic heterocycles. The lowest BCUT2D eigenvalue weighted by atomic mass is 10.2. The van der Waals surface area contributed by atoms with Gasteiger partial charge >= 0.3 is 0 Å². The molecule has 1 aromatic carbocycles. The Kier molecular flexibility index (Phi) is 3.30. The van der Waals surface area contributed by atoms with Crippen molar-refractivity contribution >= 4 is 16.8 Å². The molecule has 3 nitrogen and oxygen atoms in total. The number of hydrogen-bond donors (Lipinski definition) is 0. The number of hydrogen-bond acceptors (Lipinski definition) is 3. The quantitative estimate of drug-likeness (QED) is 0.730. The van der Waals surface area contributed by atoms with Gasteiger partial charge in [0.2, 0.25) is 0 Å². The normalized spacial score (nSPS) is 9.71. The second-order valence-corrected chi connectivity index (χ2v) is 2.80. The maximum absolute atomic E-state index is 13.3. The first kappa shape index (κ1) is 10.8. The third kappa shape index (κ3) is 1.96. The summed E-state index contributed by atoms with van der Waals surface area (Å²) in [5.41, 5.74) is -0.282. The first-order valence-electron chi connectivity index (χ1n) is 3.71. The second kappa shape index (κ2) is 4.28. The van der Waals surface area contributed by atoms with Gasteiger partial charge in [-0.05, 0) is 11.6 Å². The number of carbonyl (C=O) groups is 1. The first-order valence-corrected chi connectivity index (χ1v) is 4.09. The van der Waals surface area contributed by atoms with Crippen LogP contribution in [0.25, 0.3) is 0 Å². The van der Waals surface area contributed by atoms with Gasteiger partial charge in [0.05, 0.1) is 14.2 Å². The molecule has 5 heteroatoms. The van der Waals surface area contributed by atoms with Gasteiger partial charge in [0.1, 0.15) is 22.9 Å². The molecular formula is C9H8ClFO3. The molecule has 0 bridgehead atoms. The molecule has 0 N–H and O–H groups in total. The highest BCUT2D eigenvalue weighted by molar-refractivity contribution is 6.68. The van der Waals surface area contributed by atoms with Crippen LogP contribution in [-0.4, -0.2) is 19.5 Å².